The highest BCUT2D eigenvalue weighted by molar-refractivity contribution is 7.86. The number of carbonyl (C=O) groups excluding carboxylic acids is 1. The first kappa shape index (κ1) is 21.2. The lowest BCUT2D eigenvalue weighted by Crippen LogP contribution is -2.42. The van der Waals surface area contributed by atoms with Crippen LogP contribution >= 0.6 is 0 Å². The number of nitrogen functional groups attached to an aromatic ring is 1. The molecule has 1 aromatic carbocycles. The largest absolute Gasteiger partial charge is 0.460 e. The van der Waals surface area contributed by atoms with Crippen molar-refractivity contribution < 1.29 is 26.9 Å². The summed E-state index contributed by atoms with van der Waals surface area (Å²) in [5.41, 5.74) is 8.16. The fourth-order valence-electron chi connectivity index (χ4n) is 3.23. The molecule has 156 valence electrons. The Morgan fingerprint density at radius 2 is 1.97 bits per heavy atom. The van der Waals surface area contributed by atoms with Gasteiger partial charge in [-0.25, -0.2) is 0 Å². The summed E-state index contributed by atoms with van der Waals surface area (Å²) in [4.78, 5) is 15.5. The third-order valence-electron chi connectivity index (χ3n) is 4.72. The minimum absolute atomic E-state index is 0.0536. The Bertz CT molecular complexity index is 961. The van der Waals surface area contributed by atoms with Gasteiger partial charge in [-0.15, -0.1) is 0 Å². The normalized spacial score (nSPS) is 22.2. The van der Waals surface area contributed by atoms with Crippen LogP contribution in [0, 0.1) is 6.92 Å². The van der Waals surface area contributed by atoms with Gasteiger partial charge in [0, 0.05) is 18.7 Å². The molecule has 0 aliphatic carbocycles. The zero-order valence-corrected chi connectivity index (χ0v) is 17.1. The summed E-state index contributed by atoms with van der Waals surface area (Å²) in [7, 11) is -3.97. The van der Waals surface area contributed by atoms with Crippen LogP contribution in [0.1, 0.15) is 37.0 Å². The average molecular weight is 420 g/mol. The molecule has 1 saturated heterocycles. The number of nitrogens with zero attached hydrogens (tertiary/aromatic N) is 1. The van der Waals surface area contributed by atoms with E-state index in [1.54, 1.807) is 24.4 Å². The molecule has 1 aliphatic heterocycles. The molecule has 2 aromatic rings. The van der Waals surface area contributed by atoms with E-state index in [0.717, 1.165) is 11.1 Å². The van der Waals surface area contributed by atoms with E-state index in [0.29, 0.717) is 18.5 Å². The van der Waals surface area contributed by atoms with Crippen LogP contribution in [-0.2, 0) is 28.6 Å². The highest BCUT2D eigenvalue weighted by atomic mass is 32.2. The molecule has 0 amide bonds. The standard InChI is InChI=1S/C20H24N2O6S/c1-13-3-5-15(6-4-13)29(24,25)26-12-20-19(27-14(2)23)8-7-18(28-20)16-9-10-22-11-17(16)21/h3-6,9-11,18-20H,7-8,12,21H2,1-2H3/t18-,19+,20-/m1/s1. The van der Waals surface area contributed by atoms with Crippen LogP contribution in [0.15, 0.2) is 47.6 Å². The molecule has 2 N–H and O–H groups in total. The van der Waals surface area contributed by atoms with E-state index in [9.17, 15) is 13.2 Å². The van der Waals surface area contributed by atoms with Crippen LogP contribution in [0.2, 0.25) is 0 Å². The number of hydrogen-bond donors (Lipinski definition) is 1. The van der Waals surface area contributed by atoms with Crippen LogP contribution in [0.3, 0.4) is 0 Å². The Labute approximate surface area is 170 Å². The Morgan fingerprint density at radius 1 is 1.24 bits per heavy atom. The predicted octanol–water partition coefficient (Wildman–Crippen LogP) is 2.53. The number of aromatic nitrogens is 1. The molecule has 0 spiro atoms. The number of carbonyl (C=O) groups is 1. The fraction of sp³-hybridized carbons (Fsp3) is 0.400. The number of aryl methyl sites for hydroxylation is 1. The van der Waals surface area contributed by atoms with Crippen LogP contribution in [0.5, 0.6) is 0 Å². The summed E-state index contributed by atoms with van der Waals surface area (Å²) in [5.74, 6) is -0.466. The van der Waals surface area contributed by atoms with Crippen molar-refractivity contribution in [1.29, 1.82) is 0 Å². The lowest BCUT2D eigenvalue weighted by molar-refractivity contribution is -0.174. The van der Waals surface area contributed by atoms with Gasteiger partial charge in [0.25, 0.3) is 10.1 Å². The Morgan fingerprint density at radius 3 is 2.62 bits per heavy atom. The van der Waals surface area contributed by atoms with Gasteiger partial charge in [0.15, 0.2) is 0 Å². The number of anilines is 1. The number of hydrogen-bond acceptors (Lipinski definition) is 8. The van der Waals surface area contributed by atoms with E-state index >= 15 is 0 Å². The van der Waals surface area contributed by atoms with E-state index in [-0.39, 0.29) is 17.6 Å². The maximum Gasteiger partial charge on any atom is 0.302 e. The van der Waals surface area contributed by atoms with Crippen molar-refractivity contribution in [3.05, 3.63) is 53.9 Å². The average Bonchev–Trinajstić information content (AvgIpc) is 2.68. The second-order valence-corrected chi connectivity index (χ2v) is 8.56. The maximum atomic E-state index is 12.5. The number of ether oxygens (including phenoxy) is 2. The third kappa shape index (κ3) is 5.31. The Balaban J connectivity index is 1.75. The highest BCUT2D eigenvalue weighted by Gasteiger charge is 2.36. The lowest BCUT2D eigenvalue weighted by Gasteiger charge is -2.36. The summed E-state index contributed by atoms with van der Waals surface area (Å²) in [6.07, 6.45) is 2.45. The summed E-state index contributed by atoms with van der Waals surface area (Å²) < 4.78 is 41.6. The van der Waals surface area contributed by atoms with Crippen molar-refractivity contribution in [2.45, 2.75) is 49.9 Å². The second kappa shape index (κ2) is 8.89. The molecule has 1 aromatic heterocycles. The Hall–Kier alpha value is -2.49. The Kier molecular flexibility index (Phi) is 6.51. The number of esters is 1. The minimum atomic E-state index is -3.97. The molecule has 0 radical (unpaired) electrons. The predicted molar refractivity (Wildman–Crippen MR) is 105 cm³/mol. The molecule has 8 nitrogen and oxygen atoms in total. The highest BCUT2D eigenvalue weighted by Crippen LogP contribution is 2.35. The van der Waals surface area contributed by atoms with Gasteiger partial charge in [-0.05, 0) is 38.0 Å². The molecule has 2 heterocycles. The van der Waals surface area contributed by atoms with Crippen molar-refractivity contribution in [1.82, 2.24) is 4.98 Å². The molecule has 29 heavy (non-hydrogen) atoms. The molecule has 3 atom stereocenters. The first-order valence-electron chi connectivity index (χ1n) is 9.24. The first-order valence-corrected chi connectivity index (χ1v) is 10.7. The molecule has 0 bridgehead atoms. The van der Waals surface area contributed by atoms with Crippen molar-refractivity contribution in [2.24, 2.45) is 0 Å². The smallest absolute Gasteiger partial charge is 0.302 e. The molecular formula is C20H24N2O6S. The first-order chi connectivity index (χ1) is 13.8. The molecule has 1 fully saturated rings. The minimum Gasteiger partial charge on any atom is -0.460 e. The molecule has 3 rings (SSSR count). The van der Waals surface area contributed by atoms with Gasteiger partial charge in [0.05, 0.1) is 29.5 Å². The zero-order valence-electron chi connectivity index (χ0n) is 16.3. The van der Waals surface area contributed by atoms with Crippen LogP contribution < -0.4 is 5.73 Å². The molecule has 1 aliphatic rings. The van der Waals surface area contributed by atoms with Crippen molar-refractivity contribution in [2.75, 3.05) is 12.3 Å². The quantitative estimate of drug-likeness (QED) is 0.559. The van der Waals surface area contributed by atoms with Crippen molar-refractivity contribution >= 4 is 21.8 Å². The van der Waals surface area contributed by atoms with Gasteiger partial charge in [-0.1, -0.05) is 17.7 Å². The van der Waals surface area contributed by atoms with E-state index in [2.05, 4.69) is 4.98 Å². The summed E-state index contributed by atoms with van der Waals surface area (Å²) in [6, 6.07) is 8.11. The van der Waals surface area contributed by atoms with E-state index in [1.165, 1.54) is 25.3 Å². The SMILES string of the molecule is CC(=O)O[C@H]1CC[C@H](c2ccncc2N)O[C@@H]1COS(=O)(=O)c1ccc(C)cc1. The zero-order chi connectivity index (χ0) is 21.0. The van der Waals surface area contributed by atoms with Crippen molar-refractivity contribution in [3.8, 4) is 0 Å². The van der Waals surface area contributed by atoms with E-state index in [4.69, 9.17) is 19.4 Å². The number of pyridine rings is 1. The van der Waals surface area contributed by atoms with Gasteiger partial charge >= 0.3 is 5.97 Å². The van der Waals surface area contributed by atoms with E-state index in [1.807, 2.05) is 6.92 Å². The van der Waals surface area contributed by atoms with Crippen molar-refractivity contribution in [3.63, 3.8) is 0 Å². The van der Waals surface area contributed by atoms with Gasteiger partial charge in [-0.2, -0.15) is 8.42 Å². The fourth-order valence-corrected chi connectivity index (χ4v) is 4.15. The van der Waals surface area contributed by atoms with Gasteiger partial charge in [-0.3, -0.25) is 14.0 Å². The van der Waals surface area contributed by atoms with Crippen LogP contribution in [0.4, 0.5) is 5.69 Å². The molecule has 0 unspecified atom stereocenters. The molecule has 9 heteroatoms. The maximum absolute atomic E-state index is 12.5. The topological polar surface area (TPSA) is 118 Å². The van der Waals surface area contributed by atoms with Crippen LogP contribution in [0.25, 0.3) is 0 Å². The second-order valence-electron chi connectivity index (χ2n) is 6.94. The van der Waals surface area contributed by atoms with Gasteiger partial charge in [0.2, 0.25) is 0 Å². The van der Waals surface area contributed by atoms with Gasteiger partial charge < -0.3 is 15.2 Å². The molecular weight excluding hydrogens is 396 g/mol. The summed E-state index contributed by atoms with van der Waals surface area (Å²) >= 11 is 0. The number of nitrogens with two attached hydrogens (primary N) is 1. The number of benzene rings is 1. The summed E-state index contributed by atoms with van der Waals surface area (Å²) in [6.45, 7) is 2.88. The van der Waals surface area contributed by atoms with Crippen LogP contribution in [-0.4, -0.2) is 38.2 Å². The summed E-state index contributed by atoms with van der Waals surface area (Å²) in [5, 5.41) is 0. The van der Waals surface area contributed by atoms with Gasteiger partial charge in [0.1, 0.15) is 12.2 Å². The monoisotopic (exact) mass is 420 g/mol. The van der Waals surface area contributed by atoms with E-state index < -0.39 is 28.3 Å². The third-order valence-corrected chi connectivity index (χ3v) is 6.01. The number of rotatable bonds is 6. The molecule has 0 saturated carbocycles. The lowest BCUT2D eigenvalue weighted by atomic mass is 9.96.